The van der Waals surface area contributed by atoms with Crippen LogP contribution in [0.5, 0.6) is 0 Å². The summed E-state index contributed by atoms with van der Waals surface area (Å²) in [6.45, 7) is 2.07. The van der Waals surface area contributed by atoms with Crippen molar-refractivity contribution in [1.82, 2.24) is 0 Å². The topological polar surface area (TPSA) is 38.4 Å². The van der Waals surface area contributed by atoms with E-state index in [1.54, 1.807) is 6.07 Å². The summed E-state index contributed by atoms with van der Waals surface area (Å²) in [6.07, 6.45) is 1.82. The van der Waals surface area contributed by atoms with Crippen molar-refractivity contribution in [2.75, 3.05) is 0 Å². The van der Waals surface area contributed by atoms with Crippen LogP contribution in [0.2, 0.25) is 5.02 Å². The fraction of sp³-hybridized carbons (Fsp3) is 0.300. The van der Waals surface area contributed by atoms with Crippen molar-refractivity contribution in [1.29, 1.82) is 0 Å². The van der Waals surface area contributed by atoms with E-state index in [-0.39, 0.29) is 0 Å². The lowest BCUT2D eigenvalue weighted by molar-refractivity contribution is 0.983. The third-order valence-electron chi connectivity index (χ3n) is 1.68. The molecule has 1 rings (SSSR count). The van der Waals surface area contributed by atoms with Crippen molar-refractivity contribution in [3.8, 4) is 0 Å². The Morgan fingerprint density at radius 1 is 1.57 bits per heavy atom. The Kier molecular flexibility index (Phi) is 4.42. The summed E-state index contributed by atoms with van der Waals surface area (Å²) in [5.74, 6) is 0.654. The fourth-order valence-electron chi connectivity index (χ4n) is 1.03. The maximum atomic E-state index is 5.85. The molecule has 0 bridgehead atoms. The number of aliphatic imine (C=N–C) groups is 1. The minimum atomic E-state index is 0.654. The molecule has 2 N–H and O–H groups in total. The van der Waals surface area contributed by atoms with E-state index in [9.17, 15) is 0 Å². The highest BCUT2D eigenvalue weighted by Crippen LogP contribution is 2.27. The molecule has 0 spiro atoms. The van der Waals surface area contributed by atoms with Crippen LogP contribution >= 0.6 is 27.5 Å². The van der Waals surface area contributed by atoms with E-state index in [4.69, 9.17) is 17.3 Å². The van der Waals surface area contributed by atoms with Gasteiger partial charge < -0.3 is 5.73 Å². The Morgan fingerprint density at radius 3 is 2.86 bits per heavy atom. The van der Waals surface area contributed by atoms with Crippen LogP contribution in [-0.4, -0.2) is 5.84 Å². The summed E-state index contributed by atoms with van der Waals surface area (Å²) in [5, 5.41) is 0.679. The van der Waals surface area contributed by atoms with Gasteiger partial charge in [-0.2, -0.15) is 0 Å². The van der Waals surface area contributed by atoms with E-state index in [1.807, 2.05) is 12.1 Å². The predicted octanol–water partition coefficient (Wildman–Crippen LogP) is 3.89. The van der Waals surface area contributed by atoms with Crippen molar-refractivity contribution in [3.05, 3.63) is 27.7 Å². The normalized spacial score (nSPS) is 11.8. The third-order valence-corrected chi connectivity index (χ3v) is 2.90. The summed E-state index contributed by atoms with van der Waals surface area (Å²) >= 11 is 9.18. The molecule has 2 nitrogen and oxygen atoms in total. The molecule has 0 aliphatic heterocycles. The number of hydrogen-bond acceptors (Lipinski definition) is 1. The van der Waals surface area contributed by atoms with Crippen molar-refractivity contribution in [2.45, 2.75) is 19.8 Å². The molecule has 0 heterocycles. The number of amidine groups is 1. The van der Waals surface area contributed by atoms with Gasteiger partial charge in [0.25, 0.3) is 0 Å². The molecule has 0 aliphatic rings. The molecule has 0 aromatic heterocycles. The van der Waals surface area contributed by atoms with Gasteiger partial charge in [0.15, 0.2) is 0 Å². The van der Waals surface area contributed by atoms with Crippen LogP contribution in [-0.2, 0) is 0 Å². The lowest BCUT2D eigenvalue weighted by Gasteiger charge is -2.00. The van der Waals surface area contributed by atoms with E-state index in [0.29, 0.717) is 10.9 Å². The second kappa shape index (κ2) is 5.37. The SMILES string of the molecule is CCCC(N)=Nc1ccc(Cl)c(Br)c1. The summed E-state index contributed by atoms with van der Waals surface area (Å²) in [5.41, 5.74) is 6.53. The Balaban J connectivity index is 2.87. The molecular weight excluding hydrogens is 263 g/mol. The van der Waals surface area contributed by atoms with Gasteiger partial charge >= 0.3 is 0 Å². The minimum absolute atomic E-state index is 0.654. The van der Waals surface area contributed by atoms with E-state index in [2.05, 4.69) is 27.8 Å². The molecule has 1 aromatic rings. The van der Waals surface area contributed by atoms with Gasteiger partial charge in [-0.05, 0) is 40.5 Å². The van der Waals surface area contributed by atoms with Crippen LogP contribution in [0.25, 0.3) is 0 Å². The Hall–Kier alpha value is -0.540. The molecule has 0 saturated heterocycles. The van der Waals surface area contributed by atoms with Gasteiger partial charge in [-0.25, -0.2) is 4.99 Å². The zero-order chi connectivity index (χ0) is 10.6. The summed E-state index contributed by atoms with van der Waals surface area (Å²) in [6, 6.07) is 5.49. The van der Waals surface area contributed by atoms with Crippen LogP contribution in [0.1, 0.15) is 19.8 Å². The summed E-state index contributed by atoms with van der Waals surface area (Å²) in [7, 11) is 0. The van der Waals surface area contributed by atoms with Crippen LogP contribution < -0.4 is 5.73 Å². The van der Waals surface area contributed by atoms with Crippen LogP contribution in [0.4, 0.5) is 5.69 Å². The van der Waals surface area contributed by atoms with Gasteiger partial charge in [-0.3, -0.25) is 0 Å². The molecule has 0 saturated carbocycles. The standard InChI is InChI=1S/C10H12BrClN2/c1-2-3-10(13)14-7-4-5-9(12)8(11)6-7/h4-6H,2-3H2,1H3,(H2,13,14). The van der Waals surface area contributed by atoms with Crippen molar-refractivity contribution in [2.24, 2.45) is 10.7 Å². The first kappa shape index (κ1) is 11.5. The molecule has 0 amide bonds. The molecule has 0 aliphatic carbocycles. The van der Waals surface area contributed by atoms with E-state index in [1.165, 1.54) is 0 Å². The predicted molar refractivity (Wildman–Crippen MR) is 65.3 cm³/mol. The molecule has 0 radical (unpaired) electrons. The van der Waals surface area contributed by atoms with Crippen molar-refractivity contribution < 1.29 is 0 Å². The van der Waals surface area contributed by atoms with Gasteiger partial charge in [-0.1, -0.05) is 18.5 Å². The van der Waals surface area contributed by atoms with Gasteiger partial charge in [0.1, 0.15) is 0 Å². The Morgan fingerprint density at radius 2 is 2.29 bits per heavy atom. The lowest BCUT2D eigenvalue weighted by atomic mass is 10.3. The Labute approximate surface area is 97.3 Å². The highest BCUT2D eigenvalue weighted by molar-refractivity contribution is 9.10. The average molecular weight is 276 g/mol. The second-order valence-corrected chi connectivity index (χ2v) is 4.21. The number of benzene rings is 1. The largest absolute Gasteiger partial charge is 0.387 e. The third kappa shape index (κ3) is 3.31. The first-order valence-electron chi connectivity index (χ1n) is 4.41. The van der Waals surface area contributed by atoms with Crippen LogP contribution in [0.15, 0.2) is 27.7 Å². The molecule has 4 heteroatoms. The van der Waals surface area contributed by atoms with Crippen LogP contribution in [0.3, 0.4) is 0 Å². The molecular formula is C10H12BrClN2. The highest BCUT2D eigenvalue weighted by Gasteiger charge is 1.98. The van der Waals surface area contributed by atoms with E-state index < -0.39 is 0 Å². The maximum Gasteiger partial charge on any atom is 0.0996 e. The number of rotatable bonds is 3. The van der Waals surface area contributed by atoms with E-state index in [0.717, 1.165) is 23.0 Å². The molecule has 0 unspecified atom stereocenters. The number of nitrogens with two attached hydrogens (primary N) is 1. The summed E-state index contributed by atoms with van der Waals surface area (Å²) in [4.78, 5) is 4.26. The van der Waals surface area contributed by atoms with Crippen LogP contribution in [0, 0.1) is 0 Å². The first-order valence-corrected chi connectivity index (χ1v) is 5.58. The number of hydrogen-bond donors (Lipinski definition) is 1. The van der Waals surface area contributed by atoms with Gasteiger partial charge in [0.2, 0.25) is 0 Å². The van der Waals surface area contributed by atoms with Gasteiger partial charge in [0, 0.05) is 10.9 Å². The average Bonchev–Trinajstić information content (AvgIpc) is 2.12. The highest BCUT2D eigenvalue weighted by atomic mass is 79.9. The van der Waals surface area contributed by atoms with Gasteiger partial charge in [-0.15, -0.1) is 0 Å². The Bertz CT molecular complexity index is 350. The van der Waals surface area contributed by atoms with Crippen molar-refractivity contribution >= 4 is 39.1 Å². The smallest absolute Gasteiger partial charge is 0.0996 e. The molecule has 1 aromatic carbocycles. The molecule has 76 valence electrons. The lowest BCUT2D eigenvalue weighted by Crippen LogP contribution is -2.09. The number of halogens is 2. The van der Waals surface area contributed by atoms with E-state index >= 15 is 0 Å². The second-order valence-electron chi connectivity index (χ2n) is 2.95. The van der Waals surface area contributed by atoms with Crippen molar-refractivity contribution in [3.63, 3.8) is 0 Å². The quantitative estimate of drug-likeness (QED) is 0.659. The summed E-state index contributed by atoms with van der Waals surface area (Å²) < 4.78 is 0.838. The molecule has 0 fully saturated rings. The zero-order valence-corrected chi connectivity index (χ0v) is 10.3. The molecule has 0 atom stereocenters. The minimum Gasteiger partial charge on any atom is -0.387 e. The first-order chi connectivity index (χ1) is 6.63. The molecule has 14 heavy (non-hydrogen) atoms. The maximum absolute atomic E-state index is 5.85. The zero-order valence-electron chi connectivity index (χ0n) is 7.93. The number of nitrogens with zero attached hydrogens (tertiary/aromatic N) is 1. The fourth-order valence-corrected chi connectivity index (χ4v) is 1.52. The van der Waals surface area contributed by atoms with Gasteiger partial charge in [0.05, 0.1) is 16.5 Å². The monoisotopic (exact) mass is 274 g/mol.